The van der Waals surface area contributed by atoms with Gasteiger partial charge < -0.3 is 48.3 Å². The van der Waals surface area contributed by atoms with Crippen LogP contribution in [-0.2, 0) is 48.7 Å². The number of nitrogens with zero attached hydrogens (tertiary/aromatic N) is 9. The number of fused-ring (bicyclic) bond motifs is 2. The number of rotatable bonds is 28. The van der Waals surface area contributed by atoms with Crippen molar-refractivity contribution >= 4 is 47.1 Å². The molecule has 5 amide bonds. The zero-order chi connectivity index (χ0) is 54.8. The number of aliphatic imine (C=N–C) groups is 1. The van der Waals surface area contributed by atoms with Crippen molar-refractivity contribution in [3.8, 4) is 23.0 Å². The molecule has 2 atom stereocenters. The molecular weight excluding hydrogens is 1010 g/mol. The lowest BCUT2D eigenvalue weighted by Crippen LogP contribution is -2.52. The first kappa shape index (κ1) is 56.1. The number of piperazine rings is 1. The fourth-order valence-electron chi connectivity index (χ4n) is 10.2. The normalized spacial score (nSPS) is 17.2. The number of piperidine rings is 1. The van der Waals surface area contributed by atoms with Crippen LogP contribution in [0.5, 0.6) is 11.5 Å². The van der Waals surface area contributed by atoms with E-state index in [1.807, 2.05) is 65.0 Å². The van der Waals surface area contributed by atoms with Gasteiger partial charge in [0.25, 0.3) is 11.8 Å². The predicted molar refractivity (Wildman–Crippen MR) is 294 cm³/mol. The number of anilines is 2. The van der Waals surface area contributed by atoms with Gasteiger partial charge in [-0.1, -0.05) is 18.9 Å². The SMILES string of the molecule is Cn1c(CNc2cccc(C(=O)/N=C/C3CCOc4ccc(OCCCCCCOCCOCCOCCCCCC(=O)N5CCN(c6ccc7c(c6)CN(C6CCC(=O)NC6=O)C7=O)CC5)cc43)c2)nnc1-c1ccncn1. The van der Waals surface area contributed by atoms with E-state index < -0.39 is 11.9 Å². The van der Waals surface area contributed by atoms with Crippen LogP contribution >= 0.6 is 0 Å². The van der Waals surface area contributed by atoms with Gasteiger partial charge in [-0.25, -0.2) is 15.0 Å². The molecule has 21 heteroatoms. The lowest BCUT2D eigenvalue weighted by molar-refractivity contribution is -0.137. The first-order chi connectivity index (χ1) is 38.7. The van der Waals surface area contributed by atoms with E-state index in [4.69, 9.17) is 23.7 Å². The Kier molecular flexibility index (Phi) is 20.1. The maximum absolute atomic E-state index is 13.3. The fourth-order valence-corrected chi connectivity index (χ4v) is 10.2. The maximum atomic E-state index is 13.3. The van der Waals surface area contributed by atoms with Gasteiger partial charge in [-0.2, -0.15) is 0 Å². The van der Waals surface area contributed by atoms with Crippen LogP contribution in [0.4, 0.5) is 11.4 Å². The van der Waals surface area contributed by atoms with E-state index in [9.17, 15) is 24.0 Å². The Morgan fingerprint density at radius 2 is 1.59 bits per heavy atom. The van der Waals surface area contributed by atoms with Crippen molar-refractivity contribution in [1.82, 2.24) is 39.8 Å². The zero-order valence-electron chi connectivity index (χ0n) is 45.0. The van der Waals surface area contributed by atoms with E-state index in [2.05, 4.69) is 40.7 Å². The van der Waals surface area contributed by atoms with Gasteiger partial charge in [-0.15, -0.1) is 10.2 Å². The highest BCUT2D eigenvalue weighted by Gasteiger charge is 2.39. The van der Waals surface area contributed by atoms with Crippen molar-refractivity contribution in [3.63, 3.8) is 0 Å². The van der Waals surface area contributed by atoms with E-state index in [0.717, 1.165) is 78.9 Å². The summed E-state index contributed by atoms with van der Waals surface area (Å²) in [7, 11) is 1.88. The quantitative estimate of drug-likeness (QED) is 0.0317. The van der Waals surface area contributed by atoms with E-state index >= 15 is 0 Å². The van der Waals surface area contributed by atoms with Crippen LogP contribution in [0.25, 0.3) is 11.5 Å². The minimum absolute atomic E-state index is 0.0846. The number of benzene rings is 3. The van der Waals surface area contributed by atoms with Gasteiger partial charge in [0.15, 0.2) is 11.6 Å². The molecule has 0 radical (unpaired) electrons. The molecule has 2 fully saturated rings. The molecule has 3 aromatic carbocycles. The summed E-state index contributed by atoms with van der Waals surface area (Å²) in [5.74, 6) is 1.76. The second kappa shape index (κ2) is 28.3. The number of ether oxygens (including phenoxy) is 5. The molecule has 9 rings (SSSR count). The van der Waals surface area contributed by atoms with Gasteiger partial charge >= 0.3 is 0 Å². The molecule has 79 heavy (non-hydrogen) atoms. The standard InChI is InChI=1S/C58H71N11O10/c1-66-52(64-65-55(66)49-19-21-59-40-62-49)38-60-44-11-9-10-41(34-44)56(72)61-37-42-20-29-79-51-17-14-46(36-48(42)51)78-28-8-3-2-6-26-75-30-32-77-33-31-76-27-7-4-5-12-54(71)68-24-22-67(23-25-68)45-13-15-47-43(35-45)39-69(58(47)74)50-16-18-53(70)63-57(50)73/h9-11,13-15,17,19,21,34-37,40,42,50,60H,2-8,12,16,18,20,22-33,38-39H2,1H3,(H,63,70,73)/b61-37+. The average Bonchev–Trinajstić information content (AvgIpc) is 4.21. The monoisotopic (exact) mass is 1080 g/mol. The minimum Gasteiger partial charge on any atom is -0.494 e. The average molecular weight is 1080 g/mol. The Morgan fingerprint density at radius 1 is 0.823 bits per heavy atom. The number of carbonyl (C=O) groups excluding carboxylic acids is 5. The summed E-state index contributed by atoms with van der Waals surface area (Å²) in [6.07, 6.45) is 13.2. The summed E-state index contributed by atoms with van der Waals surface area (Å²) in [6, 6.07) is 20.0. The maximum Gasteiger partial charge on any atom is 0.276 e. The van der Waals surface area contributed by atoms with Gasteiger partial charge in [0.1, 0.15) is 29.6 Å². The zero-order valence-corrected chi connectivity index (χ0v) is 45.0. The van der Waals surface area contributed by atoms with Crippen LogP contribution in [0.3, 0.4) is 0 Å². The second-order valence-electron chi connectivity index (χ2n) is 20.1. The number of carbonyl (C=O) groups is 5. The molecule has 0 saturated carbocycles. The summed E-state index contributed by atoms with van der Waals surface area (Å²) in [5.41, 5.74) is 5.35. The first-order valence-corrected chi connectivity index (χ1v) is 27.7. The Hall–Kier alpha value is -7.62. The van der Waals surface area contributed by atoms with Crippen LogP contribution in [0.1, 0.15) is 114 Å². The molecule has 4 aliphatic rings. The Bertz CT molecular complexity index is 2910. The van der Waals surface area contributed by atoms with Crippen LogP contribution in [0.2, 0.25) is 0 Å². The molecule has 6 heterocycles. The summed E-state index contributed by atoms with van der Waals surface area (Å²) in [5, 5.41) is 14.3. The molecule has 0 aliphatic carbocycles. The lowest BCUT2D eigenvalue weighted by atomic mass is 9.94. The summed E-state index contributed by atoms with van der Waals surface area (Å²) >= 11 is 0. The van der Waals surface area contributed by atoms with Gasteiger partial charge in [-0.05, 0) is 111 Å². The highest BCUT2D eigenvalue weighted by Crippen LogP contribution is 2.36. The van der Waals surface area contributed by atoms with Crippen LogP contribution < -0.4 is 25.0 Å². The number of aromatic nitrogens is 5. The summed E-state index contributed by atoms with van der Waals surface area (Å²) < 4.78 is 31.1. The molecule has 21 nitrogen and oxygen atoms in total. The van der Waals surface area contributed by atoms with Gasteiger partial charge in [-0.3, -0.25) is 29.3 Å². The smallest absolute Gasteiger partial charge is 0.276 e. The van der Waals surface area contributed by atoms with Crippen LogP contribution in [-0.4, -0.2) is 155 Å². The molecule has 4 aliphatic heterocycles. The summed E-state index contributed by atoms with van der Waals surface area (Å²) in [4.78, 5) is 81.7. The number of hydrogen-bond donors (Lipinski definition) is 2. The topological polar surface area (TPSA) is 234 Å². The molecule has 0 bridgehead atoms. The van der Waals surface area contributed by atoms with Crippen LogP contribution in [0, 0.1) is 0 Å². The Balaban J connectivity index is 0.557. The number of hydrogen-bond acceptors (Lipinski definition) is 16. The molecule has 5 aromatic rings. The van der Waals surface area contributed by atoms with Gasteiger partial charge in [0, 0.05) is 112 Å². The molecule has 0 spiro atoms. The lowest BCUT2D eigenvalue weighted by Gasteiger charge is -2.36. The molecule has 2 unspecified atom stereocenters. The van der Waals surface area contributed by atoms with Crippen molar-refractivity contribution in [2.45, 2.75) is 95.7 Å². The van der Waals surface area contributed by atoms with Crippen molar-refractivity contribution in [1.29, 1.82) is 0 Å². The molecule has 2 saturated heterocycles. The molecular formula is C58H71N11O10. The highest BCUT2D eigenvalue weighted by molar-refractivity contribution is 6.05. The van der Waals surface area contributed by atoms with E-state index in [1.165, 1.54) is 6.33 Å². The van der Waals surface area contributed by atoms with Crippen molar-refractivity contribution in [3.05, 3.63) is 107 Å². The number of imide groups is 1. The van der Waals surface area contributed by atoms with Gasteiger partial charge in [0.2, 0.25) is 17.7 Å². The van der Waals surface area contributed by atoms with Crippen molar-refractivity contribution < 1.29 is 47.7 Å². The third-order valence-corrected chi connectivity index (χ3v) is 14.7. The van der Waals surface area contributed by atoms with Gasteiger partial charge in [0.05, 0.1) is 46.2 Å². The van der Waals surface area contributed by atoms with Crippen molar-refractivity contribution in [2.24, 2.45) is 12.0 Å². The van der Waals surface area contributed by atoms with E-state index in [-0.39, 0.29) is 36.0 Å². The predicted octanol–water partition coefficient (Wildman–Crippen LogP) is 6.32. The minimum atomic E-state index is -0.634. The Morgan fingerprint density at radius 3 is 2.37 bits per heavy atom. The third-order valence-electron chi connectivity index (χ3n) is 14.7. The molecule has 418 valence electrons. The fraction of sp³-hybridized carbons (Fsp3) is 0.483. The third kappa shape index (κ3) is 15.4. The van der Waals surface area contributed by atoms with E-state index in [0.29, 0.717) is 140 Å². The largest absolute Gasteiger partial charge is 0.494 e. The second-order valence-corrected chi connectivity index (χ2v) is 20.1. The molecule has 2 aromatic heterocycles. The summed E-state index contributed by atoms with van der Waals surface area (Å²) in [6.45, 7) is 8.00. The van der Waals surface area contributed by atoms with Crippen LogP contribution in [0.15, 0.2) is 84.2 Å². The van der Waals surface area contributed by atoms with Crippen molar-refractivity contribution in [2.75, 3.05) is 89.3 Å². The van der Waals surface area contributed by atoms with E-state index in [1.54, 1.807) is 35.5 Å². The molecule has 2 N–H and O–H groups in total. The highest BCUT2D eigenvalue weighted by atomic mass is 16.5. The number of nitrogens with one attached hydrogen (secondary N) is 2. The number of unbranched alkanes of at least 4 members (excludes halogenated alkanes) is 5. The first-order valence-electron chi connectivity index (χ1n) is 27.7. The Labute approximate surface area is 460 Å². The number of amides is 5.